The zero-order chi connectivity index (χ0) is 12.8. The Hall–Kier alpha value is -0.340. The van der Waals surface area contributed by atoms with E-state index < -0.39 is 0 Å². The van der Waals surface area contributed by atoms with Crippen molar-refractivity contribution >= 4 is 15.9 Å². The fourth-order valence-electron chi connectivity index (χ4n) is 2.68. The minimum atomic E-state index is 0.531. The topological polar surface area (TPSA) is 9.23 Å². The molecule has 0 N–H and O–H groups in total. The molecule has 1 heterocycles. The van der Waals surface area contributed by atoms with Gasteiger partial charge in [-0.3, -0.25) is 0 Å². The molecule has 1 aliphatic heterocycles. The molecule has 0 spiro atoms. The van der Waals surface area contributed by atoms with Crippen molar-refractivity contribution < 1.29 is 4.74 Å². The van der Waals surface area contributed by atoms with E-state index in [-0.39, 0.29) is 0 Å². The van der Waals surface area contributed by atoms with Crippen LogP contribution in [0.1, 0.15) is 36.8 Å². The van der Waals surface area contributed by atoms with Crippen LogP contribution in [0.2, 0.25) is 0 Å². The molecule has 2 unspecified atom stereocenters. The quantitative estimate of drug-likeness (QED) is 0.703. The summed E-state index contributed by atoms with van der Waals surface area (Å²) in [6.45, 7) is 3.18. The van der Waals surface area contributed by atoms with Crippen molar-refractivity contribution in [3.05, 3.63) is 35.4 Å². The second-order valence-electron chi connectivity index (χ2n) is 5.36. The van der Waals surface area contributed by atoms with Gasteiger partial charge in [0.05, 0.1) is 6.10 Å². The molecule has 1 nitrogen and oxygen atoms in total. The summed E-state index contributed by atoms with van der Waals surface area (Å²) in [7, 11) is 0. The Labute approximate surface area is 119 Å². The van der Waals surface area contributed by atoms with Crippen LogP contribution in [-0.4, -0.2) is 18.0 Å². The van der Waals surface area contributed by atoms with Gasteiger partial charge in [-0.1, -0.05) is 40.2 Å². The Bertz CT molecular complexity index is 358. The van der Waals surface area contributed by atoms with Gasteiger partial charge < -0.3 is 4.74 Å². The van der Waals surface area contributed by atoms with Gasteiger partial charge in [-0.15, -0.1) is 0 Å². The highest BCUT2D eigenvalue weighted by Crippen LogP contribution is 2.23. The van der Waals surface area contributed by atoms with Crippen molar-refractivity contribution in [2.45, 2.75) is 45.1 Å². The fraction of sp³-hybridized carbons (Fsp3) is 0.625. The zero-order valence-corrected chi connectivity index (χ0v) is 12.8. The molecule has 1 fully saturated rings. The van der Waals surface area contributed by atoms with Crippen LogP contribution in [0.4, 0.5) is 0 Å². The standard InChI is InChI=1S/C16H23BrO/c1-13-5-2-3-6-15(13)11-14(12-17)8-9-16-7-4-10-18-16/h2-3,5-6,14,16H,4,7-12H2,1H3. The number of hydrogen-bond donors (Lipinski definition) is 0. The molecule has 100 valence electrons. The van der Waals surface area contributed by atoms with E-state index in [2.05, 4.69) is 47.1 Å². The van der Waals surface area contributed by atoms with Crippen molar-refractivity contribution in [1.82, 2.24) is 0 Å². The van der Waals surface area contributed by atoms with E-state index in [0.717, 1.165) is 17.9 Å². The Balaban J connectivity index is 1.83. The molecule has 0 amide bonds. The number of aryl methyl sites for hydroxylation is 1. The van der Waals surface area contributed by atoms with Crippen LogP contribution in [0.25, 0.3) is 0 Å². The highest BCUT2D eigenvalue weighted by atomic mass is 79.9. The number of benzene rings is 1. The monoisotopic (exact) mass is 310 g/mol. The molecule has 1 saturated heterocycles. The Morgan fingerprint density at radius 3 is 2.89 bits per heavy atom. The lowest BCUT2D eigenvalue weighted by atomic mass is 9.93. The molecule has 1 aromatic rings. The molecule has 0 aliphatic carbocycles. The highest BCUT2D eigenvalue weighted by Gasteiger charge is 2.18. The molecule has 0 radical (unpaired) electrons. The van der Waals surface area contributed by atoms with Gasteiger partial charge in [-0.2, -0.15) is 0 Å². The summed E-state index contributed by atoms with van der Waals surface area (Å²) >= 11 is 3.67. The Morgan fingerprint density at radius 2 is 2.22 bits per heavy atom. The molecule has 0 bridgehead atoms. The maximum atomic E-state index is 5.71. The van der Waals surface area contributed by atoms with Crippen LogP contribution >= 0.6 is 15.9 Å². The van der Waals surface area contributed by atoms with E-state index in [1.165, 1.54) is 43.2 Å². The maximum Gasteiger partial charge on any atom is 0.0576 e. The number of rotatable bonds is 6. The van der Waals surface area contributed by atoms with Gasteiger partial charge in [-0.05, 0) is 56.1 Å². The second-order valence-corrected chi connectivity index (χ2v) is 6.01. The van der Waals surface area contributed by atoms with E-state index in [1.54, 1.807) is 0 Å². The zero-order valence-electron chi connectivity index (χ0n) is 11.2. The van der Waals surface area contributed by atoms with Crippen molar-refractivity contribution in [2.24, 2.45) is 5.92 Å². The van der Waals surface area contributed by atoms with Crippen molar-refractivity contribution in [3.8, 4) is 0 Å². The normalized spacial score (nSPS) is 21.1. The summed E-state index contributed by atoms with van der Waals surface area (Å²) in [5.41, 5.74) is 2.91. The third-order valence-corrected chi connectivity index (χ3v) is 4.82. The summed E-state index contributed by atoms with van der Waals surface area (Å²) in [6.07, 6.45) is 6.72. The smallest absolute Gasteiger partial charge is 0.0576 e. The predicted octanol–water partition coefficient (Wildman–Crippen LogP) is 4.51. The minimum absolute atomic E-state index is 0.531. The van der Waals surface area contributed by atoms with Gasteiger partial charge >= 0.3 is 0 Å². The molecule has 18 heavy (non-hydrogen) atoms. The Kier molecular flexibility index (Phi) is 5.71. The minimum Gasteiger partial charge on any atom is -0.378 e. The lowest BCUT2D eigenvalue weighted by Gasteiger charge is -2.17. The molecule has 2 heteroatoms. The lowest BCUT2D eigenvalue weighted by Crippen LogP contribution is -2.12. The third kappa shape index (κ3) is 4.10. The first kappa shape index (κ1) is 14.1. The van der Waals surface area contributed by atoms with Crippen LogP contribution in [0.3, 0.4) is 0 Å². The number of alkyl halides is 1. The fourth-order valence-corrected chi connectivity index (χ4v) is 3.23. The van der Waals surface area contributed by atoms with Crippen LogP contribution in [0, 0.1) is 12.8 Å². The van der Waals surface area contributed by atoms with Gasteiger partial charge in [0, 0.05) is 11.9 Å². The molecule has 2 rings (SSSR count). The van der Waals surface area contributed by atoms with E-state index >= 15 is 0 Å². The van der Waals surface area contributed by atoms with E-state index in [4.69, 9.17) is 4.74 Å². The van der Waals surface area contributed by atoms with Crippen LogP contribution < -0.4 is 0 Å². The first-order valence-corrected chi connectivity index (χ1v) is 8.14. The molecule has 0 aromatic heterocycles. The van der Waals surface area contributed by atoms with Crippen LogP contribution in [-0.2, 0) is 11.2 Å². The average Bonchev–Trinajstić information content (AvgIpc) is 2.90. The van der Waals surface area contributed by atoms with Crippen molar-refractivity contribution in [1.29, 1.82) is 0 Å². The largest absolute Gasteiger partial charge is 0.378 e. The van der Waals surface area contributed by atoms with Crippen molar-refractivity contribution in [2.75, 3.05) is 11.9 Å². The van der Waals surface area contributed by atoms with Gasteiger partial charge in [0.25, 0.3) is 0 Å². The van der Waals surface area contributed by atoms with Gasteiger partial charge in [0.15, 0.2) is 0 Å². The van der Waals surface area contributed by atoms with Gasteiger partial charge in [0.1, 0.15) is 0 Å². The van der Waals surface area contributed by atoms with Crippen LogP contribution in [0.15, 0.2) is 24.3 Å². The molecule has 1 aliphatic rings. The molecule has 0 saturated carbocycles. The van der Waals surface area contributed by atoms with Crippen molar-refractivity contribution in [3.63, 3.8) is 0 Å². The second kappa shape index (κ2) is 7.30. The summed E-state index contributed by atoms with van der Waals surface area (Å²) in [4.78, 5) is 0. The molecular formula is C16H23BrO. The molecular weight excluding hydrogens is 288 g/mol. The number of hydrogen-bond acceptors (Lipinski definition) is 1. The van der Waals surface area contributed by atoms with Gasteiger partial charge in [-0.25, -0.2) is 0 Å². The summed E-state index contributed by atoms with van der Waals surface area (Å²) in [5, 5.41) is 1.09. The number of ether oxygens (including phenoxy) is 1. The van der Waals surface area contributed by atoms with E-state index in [0.29, 0.717) is 6.10 Å². The third-order valence-electron chi connectivity index (χ3n) is 3.91. The van der Waals surface area contributed by atoms with Crippen LogP contribution in [0.5, 0.6) is 0 Å². The maximum absolute atomic E-state index is 5.71. The van der Waals surface area contributed by atoms with E-state index in [9.17, 15) is 0 Å². The SMILES string of the molecule is Cc1ccccc1CC(CBr)CCC1CCCO1. The lowest BCUT2D eigenvalue weighted by molar-refractivity contribution is 0.0989. The van der Waals surface area contributed by atoms with Gasteiger partial charge in [0.2, 0.25) is 0 Å². The predicted molar refractivity (Wildman–Crippen MR) is 80.4 cm³/mol. The summed E-state index contributed by atoms with van der Waals surface area (Å²) in [6, 6.07) is 8.74. The number of halogens is 1. The van der Waals surface area contributed by atoms with E-state index in [1.807, 2.05) is 0 Å². The molecule has 1 aromatic carbocycles. The molecule has 2 atom stereocenters. The Morgan fingerprint density at radius 1 is 1.39 bits per heavy atom. The highest BCUT2D eigenvalue weighted by molar-refractivity contribution is 9.09. The first-order valence-electron chi connectivity index (χ1n) is 7.01. The summed E-state index contributed by atoms with van der Waals surface area (Å²) in [5.74, 6) is 0.732. The average molecular weight is 311 g/mol. The summed E-state index contributed by atoms with van der Waals surface area (Å²) < 4.78 is 5.71. The first-order chi connectivity index (χ1) is 8.79.